The van der Waals surface area contributed by atoms with E-state index in [4.69, 9.17) is 9.72 Å². The third-order valence-electron chi connectivity index (χ3n) is 4.27. The molecular weight excluding hydrogens is 306 g/mol. The van der Waals surface area contributed by atoms with Crippen molar-refractivity contribution in [3.8, 4) is 5.13 Å². The topological polar surface area (TPSA) is 39.1 Å². The summed E-state index contributed by atoms with van der Waals surface area (Å²) in [5.74, 6) is 0. The minimum atomic E-state index is 0.379. The highest BCUT2D eigenvalue weighted by Crippen LogP contribution is 2.26. The Kier molecular flexibility index (Phi) is 4.16. The molecule has 0 radical (unpaired) electrons. The first-order valence-corrected chi connectivity index (χ1v) is 8.97. The number of fused-ring (bicyclic) bond motifs is 1. The van der Waals surface area contributed by atoms with Crippen LogP contribution < -0.4 is 5.32 Å². The number of hydrogen-bond donors (Lipinski definition) is 1. The molecule has 0 bridgehead atoms. The summed E-state index contributed by atoms with van der Waals surface area (Å²) in [5.41, 5.74) is 3.58. The fraction of sp³-hybridized carbons (Fsp3) is 0.389. The number of ether oxygens (including phenoxy) is 1. The third kappa shape index (κ3) is 3.17. The van der Waals surface area contributed by atoms with E-state index in [0.717, 1.165) is 30.3 Å². The average molecular weight is 327 g/mol. The SMILES string of the molecule is Cc1ccc2nc(-n3cccc3CNCC3CCCO3)sc2c1. The van der Waals surface area contributed by atoms with Crippen molar-refractivity contribution in [2.45, 2.75) is 32.4 Å². The summed E-state index contributed by atoms with van der Waals surface area (Å²) in [4.78, 5) is 4.77. The Balaban J connectivity index is 1.50. The number of nitrogens with one attached hydrogen (secondary N) is 1. The Morgan fingerprint density at radius 2 is 2.35 bits per heavy atom. The Bertz CT molecular complexity index is 802. The fourth-order valence-corrected chi connectivity index (χ4v) is 4.12. The van der Waals surface area contributed by atoms with E-state index < -0.39 is 0 Å². The molecule has 120 valence electrons. The predicted molar refractivity (Wildman–Crippen MR) is 94.4 cm³/mol. The van der Waals surface area contributed by atoms with Gasteiger partial charge in [-0.3, -0.25) is 4.57 Å². The van der Waals surface area contributed by atoms with Gasteiger partial charge in [0, 0.05) is 31.6 Å². The number of nitrogens with zero attached hydrogens (tertiary/aromatic N) is 2. The molecule has 4 nitrogen and oxygen atoms in total. The van der Waals surface area contributed by atoms with Gasteiger partial charge in [-0.2, -0.15) is 0 Å². The molecule has 4 rings (SSSR count). The number of hydrogen-bond acceptors (Lipinski definition) is 4. The molecule has 2 aromatic heterocycles. The van der Waals surface area contributed by atoms with Gasteiger partial charge >= 0.3 is 0 Å². The molecule has 0 spiro atoms. The maximum Gasteiger partial charge on any atom is 0.194 e. The number of benzene rings is 1. The Labute approximate surface area is 140 Å². The zero-order valence-electron chi connectivity index (χ0n) is 13.3. The summed E-state index contributed by atoms with van der Waals surface area (Å²) in [7, 11) is 0. The van der Waals surface area contributed by atoms with Gasteiger partial charge in [0.05, 0.1) is 16.3 Å². The maximum atomic E-state index is 5.66. The lowest BCUT2D eigenvalue weighted by Gasteiger charge is -2.11. The smallest absolute Gasteiger partial charge is 0.194 e. The van der Waals surface area contributed by atoms with E-state index >= 15 is 0 Å². The molecule has 3 aromatic rings. The van der Waals surface area contributed by atoms with Gasteiger partial charge in [0.15, 0.2) is 5.13 Å². The van der Waals surface area contributed by atoms with Crippen molar-refractivity contribution in [2.75, 3.05) is 13.2 Å². The second kappa shape index (κ2) is 6.43. The molecule has 1 aromatic carbocycles. The second-order valence-corrected chi connectivity index (χ2v) is 7.11. The lowest BCUT2D eigenvalue weighted by Crippen LogP contribution is -2.26. The molecule has 3 heterocycles. The summed E-state index contributed by atoms with van der Waals surface area (Å²) in [6, 6.07) is 10.7. The van der Waals surface area contributed by atoms with Gasteiger partial charge in [0.1, 0.15) is 0 Å². The van der Waals surface area contributed by atoms with Crippen LogP contribution in [0.25, 0.3) is 15.3 Å². The van der Waals surface area contributed by atoms with Gasteiger partial charge < -0.3 is 10.1 Å². The second-order valence-electron chi connectivity index (χ2n) is 6.10. The molecule has 0 saturated carbocycles. The average Bonchev–Trinajstić information content (AvgIpc) is 3.26. The summed E-state index contributed by atoms with van der Waals surface area (Å²) in [6.07, 6.45) is 4.83. The van der Waals surface area contributed by atoms with Crippen LogP contribution >= 0.6 is 11.3 Å². The quantitative estimate of drug-likeness (QED) is 0.777. The van der Waals surface area contributed by atoms with Crippen LogP contribution in [0.15, 0.2) is 36.5 Å². The molecule has 23 heavy (non-hydrogen) atoms. The monoisotopic (exact) mass is 327 g/mol. The minimum absolute atomic E-state index is 0.379. The number of rotatable bonds is 5. The van der Waals surface area contributed by atoms with Crippen LogP contribution in [-0.2, 0) is 11.3 Å². The lowest BCUT2D eigenvalue weighted by molar-refractivity contribution is 0.110. The first kappa shape index (κ1) is 14.9. The third-order valence-corrected chi connectivity index (χ3v) is 5.29. The first-order valence-electron chi connectivity index (χ1n) is 8.16. The summed E-state index contributed by atoms with van der Waals surface area (Å²) in [5, 5.41) is 4.55. The van der Waals surface area contributed by atoms with Crippen molar-refractivity contribution < 1.29 is 4.74 Å². The van der Waals surface area contributed by atoms with E-state index in [1.54, 1.807) is 11.3 Å². The van der Waals surface area contributed by atoms with Gasteiger partial charge in [-0.05, 0) is 49.6 Å². The van der Waals surface area contributed by atoms with Crippen molar-refractivity contribution in [3.63, 3.8) is 0 Å². The molecule has 1 aliphatic rings. The van der Waals surface area contributed by atoms with E-state index in [1.807, 2.05) is 0 Å². The maximum absolute atomic E-state index is 5.66. The highest BCUT2D eigenvalue weighted by molar-refractivity contribution is 7.20. The number of aryl methyl sites for hydroxylation is 1. The summed E-state index contributed by atoms with van der Waals surface area (Å²) >= 11 is 1.74. The van der Waals surface area contributed by atoms with Crippen LogP contribution in [0.5, 0.6) is 0 Å². The molecule has 1 fully saturated rings. The molecule has 1 aliphatic heterocycles. The Hall–Kier alpha value is -1.69. The van der Waals surface area contributed by atoms with Gasteiger partial charge in [0.2, 0.25) is 0 Å². The fourth-order valence-electron chi connectivity index (χ4n) is 3.04. The van der Waals surface area contributed by atoms with Crippen molar-refractivity contribution in [2.24, 2.45) is 0 Å². The van der Waals surface area contributed by atoms with E-state index in [-0.39, 0.29) is 0 Å². The van der Waals surface area contributed by atoms with Crippen LogP contribution in [0.4, 0.5) is 0 Å². The van der Waals surface area contributed by atoms with Crippen LogP contribution in [0.3, 0.4) is 0 Å². The van der Waals surface area contributed by atoms with Crippen LogP contribution in [-0.4, -0.2) is 28.8 Å². The molecule has 1 unspecified atom stereocenters. The zero-order valence-corrected chi connectivity index (χ0v) is 14.1. The van der Waals surface area contributed by atoms with Crippen LogP contribution in [0.1, 0.15) is 24.1 Å². The highest BCUT2D eigenvalue weighted by atomic mass is 32.1. The molecule has 5 heteroatoms. The molecule has 0 aliphatic carbocycles. The molecule has 1 saturated heterocycles. The predicted octanol–water partition coefficient (Wildman–Crippen LogP) is 3.66. The van der Waals surface area contributed by atoms with Crippen LogP contribution in [0, 0.1) is 6.92 Å². The van der Waals surface area contributed by atoms with Crippen molar-refractivity contribution in [3.05, 3.63) is 47.8 Å². The van der Waals surface area contributed by atoms with Gasteiger partial charge in [-0.15, -0.1) is 0 Å². The van der Waals surface area contributed by atoms with Crippen LogP contribution in [0.2, 0.25) is 0 Å². The molecule has 1 N–H and O–H groups in total. The van der Waals surface area contributed by atoms with E-state index in [0.29, 0.717) is 6.10 Å². The summed E-state index contributed by atoms with van der Waals surface area (Å²) < 4.78 is 9.08. The van der Waals surface area contributed by atoms with Crippen molar-refractivity contribution >= 4 is 21.6 Å². The van der Waals surface area contributed by atoms with Gasteiger partial charge in [0.25, 0.3) is 0 Å². The number of aromatic nitrogens is 2. The normalized spacial score (nSPS) is 18.0. The molecule has 1 atom stereocenters. The molecule has 0 amide bonds. The van der Waals surface area contributed by atoms with E-state index in [9.17, 15) is 0 Å². The molecular formula is C18H21N3OS. The van der Waals surface area contributed by atoms with Gasteiger partial charge in [-0.25, -0.2) is 4.98 Å². The van der Waals surface area contributed by atoms with Gasteiger partial charge in [-0.1, -0.05) is 17.4 Å². The standard InChI is InChI=1S/C18H21N3OS/c1-13-6-7-16-17(10-13)23-18(20-16)21-8-2-4-14(21)11-19-12-15-5-3-9-22-15/h2,4,6-8,10,15,19H,3,5,9,11-12H2,1H3. The summed E-state index contributed by atoms with van der Waals surface area (Å²) in [6.45, 7) is 4.79. The number of thiazole rings is 1. The van der Waals surface area contributed by atoms with Crippen molar-refractivity contribution in [1.29, 1.82) is 0 Å². The van der Waals surface area contributed by atoms with E-state index in [2.05, 4.69) is 53.3 Å². The van der Waals surface area contributed by atoms with E-state index in [1.165, 1.54) is 28.8 Å². The zero-order chi connectivity index (χ0) is 15.6. The van der Waals surface area contributed by atoms with Crippen molar-refractivity contribution in [1.82, 2.24) is 14.9 Å². The Morgan fingerprint density at radius 3 is 3.22 bits per heavy atom. The minimum Gasteiger partial charge on any atom is -0.377 e. The highest BCUT2D eigenvalue weighted by Gasteiger charge is 2.15. The first-order chi connectivity index (χ1) is 11.3. The largest absolute Gasteiger partial charge is 0.377 e. The lowest BCUT2D eigenvalue weighted by atomic mass is 10.2. The Morgan fingerprint density at radius 1 is 1.39 bits per heavy atom.